The number of rotatable bonds is 8. The lowest BCUT2D eigenvalue weighted by Crippen LogP contribution is -2.33. The van der Waals surface area contributed by atoms with Crippen LogP contribution in [0, 0.1) is 0 Å². The summed E-state index contributed by atoms with van der Waals surface area (Å²) in [4.78, 5) is 18.0. The third kappa shape index (κ3) is 7.45. The number of nitrogens with zero attached hydrogens (tertiary/aromatic N) is 2. The second-order valence-electron chi connectivity index (χ2n) is 6.47. The minimum atomic E-state index is -0.00851. The van der Waals surface area contributed by atoms with Crippen molar-refractivity contribution in [3.63, 3.8) is 0 Å². The molecule has 2 aromatic carbocycles. The minimum absolute atomic E-state index is 0. The summed E-state index contributed by atoms with van der Waals surface area (Å²) in [7, 11) is 6.68. The molecule has 0 fully saturated rings. The van der Waals surface area contributed by atoms with Gasteiger partial charge in [0.25, 0.3) is 5.91 Å². The second-order valence-corrected chi connectivity index (χ2v) is 6.47. The van der Waals surface area contributed by atoms with Crippen molar-refractivity contribution in [2.24, 2.45) is 10.7 Å². The van der Waals surface area contributed by atoms with Crippen LogP contribution in [-0.4, -0.2) is 51.6 Å². The Labute approximate surface area is 189 Å². The van der Waals surface area contributed by atoms with Crippen molar-refractivity contribution in [1.82, 2.24) is 10.2 Å². The second kappa shape index (κ2) is 12.2. The monoisotopic (exact) mass is 512 g/mol. The highest BCUT2D eigenvalue weighted by Gasteiger charge is 2.08. The minimum Gasteiger partial charge on any atom is -0.493 e. The molecule has 158 valence electrons. The Bertz CT molecular complexity index is 840. The highest BCUT2D eigenvalue weighted by atomic mass is 127. The zero-order valence-electron chi connectivity index (χ0n) is 17.3. The average Bonchev–Trinajstić information content (AvgIpc) is 2.71. The van der Waals surface area contributed by atoms with E-state index in [1.165, 1.54) is 0 Å². The fourth-order valence-electron chi connectivity index (χ4n) is 2.66. The number of methoxy groups -OCH3 is 2. The number of carbonyl (C=O) groups excluding carboxylic acids is 1. The molecule has 0 bridgehead atoms. The molecule has 0 unspecified atom stereocenters. The Morgan fingerprint density at radius 3 is 2.45 bits per heavy atom. The molecule has 0 radical (unpaired) electrons. The number of hydrogen-bond donors (Lipinski definition) is 2. The first kappa shape index (κ1) is 24.5. The largest absolute Gasteiger partial charge is 0.493 e. The molecule has 0 aliphatic rings. The molecule has 2 aromatic rings. The van der Waals surface area contributed by atoms with E-state index < -0.39 is 0 Å². The Hall–Kier alpha value is -2.49. The summed E-state index contributed by atoms with van der Waals surface area (Å²) in [6, 6.07) is 13.2. The lowest BCUT2D eigenvalue weighted by atomic mass is 10.1. The molecule has 0 heterocycles. The van der Waals surface area contributed by atoms with E-state index in [0.717, 1.165) is 17.5 Å². The van der Waals surface area contributed by atoms with Gasteiger partial charge in [-0.25, -0.2) is 4.99 Å². The Morgan fingerprint density at radius 1 is 1.07 bits per heavy atom. The van der Waals surface area contributed by atoms with E-state index in [0.29, 0.717) is 36.1 Å². The number of aliphatic imine (C=N–C) groups is 1. The van der Waals surface area contributed by atoms with Gasteiger partial charge >= 0.3 is 0 Å². The summed E-state index contributed by atoms with van der Waals surface area (Å²) in [5, 5.41) is 3.10. The topological polar surface area (TPSA) is 89.2 Å². The van der Waals surface area contributed by atoms with Gasteiger partial charge in [0.2, 0.25) is 0 Å². The van der Waals surface area contributed by atoms with Gasteiger partial charge in [0.15, 0.2) is 17.5 Å². The van der Waals surface area contributed by atoms with Crippen LogP contribution in [-0.2, 0) is 13.0 Å². The smallest absolute Gasteiger partial charge is 0.253 e. The van der Waals surface area contributed by atoms with Gasteiger partial charge in [-0.2, -0.15) is 0 Å². The van der Waals surface area contributed by atoms with Crippen molar-refractivity contribution in [1.29, 1.82) is 0 Å². The van der Waals surface area contributed by atoms with Gasteiger partial charge in [0.05, 0.1) is 20.8 Å². The number of nitrogens with two attached hydrogens (primary N) is 1. The maximum Gasteiger partial charge on any atom is 0.253 e. The number of halogens is 1. The van der Waals surface area contributed by atoms with E-state index in [2.05, 4.69) is 10.3 Å². The van der Waals surface area contributed by atoms with Crippen molar-refractivity contribution < 1.29 is 14.3 Å². The molecule has 3 N–H and O–H groups in total. The molecule has 0 spiro atoms. The predicted octanol–water partition coefficient (Wildman–Crippen LogP) is 2.67. The summed E-state index contributed by atoms with van der Waals surface area (Å²) in [6.07, 6.45) is 0.737. The molecule has 0 aromatic heterocycles. The normalized spacial score (nSPS) is 10.7. The van der Waals surface area contributed by atoms with Gasteiger partial charge < -0.3 is 25.4 Å². The molecule has 0 aliphatic carbocycles. The summed E-state index contributed by atoms with van der Waals surface area (Å²) >= 11 is 0. The van der Waals surface area contributed by atoms with Gasteiger partial charge in [-0.15, -0.1) is 24.0 Å². The van der Waals surface area contributed by atoms with Crippen molar-refractivity contribution in [2.75, 3.05) is 34.9 Å². The van der Waals surface area contributed by atoms with Crippen LogP contribution in [0.2, 0.25) is 0 Å². The molecule has 8 heteroatoms. The molecule has 0 saturated heterocycles. The number of ether oxygens (including phenoxy) is 2. The van der Waals surface area contributed by atoms with Crippen LogP contribution in [0.3, 0.4) is 0 Å². The Morgan fingerprint density at radius 2 is 1.79 bits per heavy atom. The SMILES string of the molecule is COc1ccc(CN=C(N)NCCc2cccc(C(=O)N(C)C)c2)cc1OC.I. The number of nitrogens with one attached hydrogen (secondary N) is 1. The van der Waals surface area contributed by atoms with Gasteiger partial charge in [-0.05, 0) is 41.8 Å². The summed E-state index contributed by atoms with van der Waals surface area (Å²) in [5.74, 6) is 1.70. The lowest BCUT2D eigenvalue weighted by Gasteiger charge is -2.11. The van der Waals surface area contributed by atoms with Gasteiger partial charge in [-0.3, -0.25) is 4.79 Å². The first-order valence-electron chi connectivity index (χ1n) is 9.00. The highest BCUT2D eigenvalue weighted by Crippen LogP contribution is 2.27. The average molecular weight is 512 g/mol. The third-order valence-electron chi connectivity index (χ3n) is 4.18. The lowest BCUT2D eigenvalue weighted by molar-refractivity contribution is 0.0827. The number of amides is 1. The summed E-state index contributed by atoms with van der Waals surface area (Å²) in [6.45, 7) is 1.06. The number of guanidine groups is 1. The van der Waals surface area contributed by atoms with Crippen LogP contribution < -0.4 is 20.5 Å². The van der Waals surface area contributed by atoms with Crippen LogP contribution in [0.5, 0.6) is 11.5 Å². The number of benzene rings is 2. The highest BCUT2D eigenvalue weighted by molar-refractivity contribution is 14.0. The molecular weight excluding hydrogens is 483 g/mol. The van der Waals surface area contributed by atoms with E-state index in [1.54, 1.807) is 33.2 Å². The number of carbonyl (C=O) groups is 1. The van der Waals surface area contributed by atoms with Crippen molar-refractivity contribution >= 4 is 35.8 Å². The predicted molar refractivity (Wildman–Crippen MR) is 126 cm³/mol. The van der Waals surface area contributed by atoms with Crippen LogP contribution in [0.15, 0.2) is 47.5 Å². The van der Waals surface area contributed by atoms with Crippen molar-refractivity contribution in [3.05, 3.63) is 59.2 Å². The van der Waals surface area contributed by atoms with E-state index in [1.807, 2.05) is 42.5 Å². The fraction of sp³-hybridized carbons (Fsp3) is 0.333. The zero-order valence-corrected chi connectivity index (χ0v) is 19.6. The van der Waals surface area contributed by atoms with Crippen LogP contribution in [0.25, 0.3) is 0 Å². The molecule has 29 heavy (non-hydrogen) atoms. The zero-order chi connectivity index (χ0) is 20.5. The van der Waals surface area contributed by atoms with Gasteiger partial charge in [0.1, 0.15) is 0 Å². The first-order valence-corrected chi connectivity index (χ1v) is 9.00. The van der Waals surface area contributed by atoms with Crippen molar-refractivity contribution in [2.45, 2.75) is 13.0 Å². The maximum atomic E-state index is 12.0. The van der Waals surface area contributed by atoms with Crippen LogP contribution in [0.4, 0.5) is 0 Å². The summed E-state index contributed by atoms with van der Waals surface area (Å²) in [5.41, 5.74) is 8.66. The quantitative estimate of drug-likeness (QED) is 0.323. The Kier molecular flexibility index (Phi) is 10.3. The van der Waals surface area contributed by atoms with Gasteiger partial charge in [0, 0.05) is 26.2 Å². The standard InChI is InChI=1S/C21H28N4O3.HI/c1-25(2)20(26)17-7-5-6-15(12-17)10-11-23-21(22)24-14-16-8-9-18(27-3)19(13-16)28-4;/h5-9,12-13H,10-11,14H2,1-4H3,(H3,22,23,24);1H. The molecular formula is C21H29IN4O3. The molecule has 7 nitrogen and oxygen atoms in total. The molecule has 0 atom stereocenters. The van der Waals surface area contributed by atoms with E-state index in [4.69, 9.17) is 15.2 Å². The molecule has 2 rings (SSSR count). The van der Waals surface area contributed by atoms with Crippen LogP contribution >= 0.6 is 24.0 Å². The maximum absolute atomic E-state index is 12.0. The third-order valence-corrected chi connectivity index (χ3v) is 4.18. The fourth-order valence-corrected chi connectivity index (χ4v) is 2.66. The van der Waals surface area contributed by atoms with E-state index in [-0.39, 0.29) is 29.9 Å². The molecule has 1 amide bonds. The first-order chi connectivity index (χ1) is 13.4. The van der Waals surface area contributed by atoms with Crippen molar-refractivity contribution in [3.8, 4) is 11.5 Å². The van der Waals surface area contributed by atoms with Gasteiger partial charge in [-0.1, -0.05) is 18.2 Å². The van der Waals surface area contributed by atoms with Crippen LogP contribution in [0.1, 0.15) is 21.5 Å². The number of hydrogen-bond acceptors (Lipinski definition) is 4. The molecule has 0 aliphatic heterocycles. The summed E-state index contributed by atoms with van der Waals surface area (Å²) < 4.78 is 10.5. The molecule has 0 saturated carbocycles. The van der Waals surface area contributed by atoms with E-state index >= 15 is 0 Å². The van der Waals surface area contributed by atoms with E-state index in [9.17, 15) is 4.79 Å². The Balaban J connectivity index is 0.00000420.